The number of hydrogen-bond acceptors (Lipinski definition) is 5. The first-order chi connectivity index (χ1) is 17.2. The second kappa shape index (κ2) is 10.8. The smallest absolute Gasteiger partial charge is 0.417 e. The summed E-state index contributed by atoms with van der Waals surface area (Å²) in [4.78, 5) is 24.6. The Balaban J connectivity index is 2.05. The van der Waals surface area contributed by atoms with Gasteiger partial charge in [-0.2, -0.15) is 13.2 Å². The lowest BCUT2D eigenvalue weighted by molar-refractivity contribution is -0.137. The van der Waals surface area contributed by atoms with Gasteiger partial charge in [0, 0.05) is 5.69 Å². The van der Waals surface area contributed by atoms with E-state index in [1.165, 1.54) is 43.5 Å². The lowest BCUT2D eigenvalue weighted by atomic mass is 10.1. The summed E-state index contributed by atoms with van der Waals surface area (Å²) in [6.45, 7) is 2.52. The predicted molar refractivity (Wildman–Crippen MR) is 133 cm³/mol. The number of methoxy groups -OCH3 is 1. The van der Waals surface area contributed by atoms with E-state index in [0.717, 1.165) is 17.7 Å². The number of amides is 1. The number of esters is 1. The van der Waals surface area contributed by atoms with Crippen molar-refractivity contribution in [2.24, 2.45) is 0 Å². The van der Waals surface area contributed by atoms with Gasteiger partial charge in [0.15, 0.2) is 0 Å². The first-order valence-electron chi connectivity index (χ1n) is 10.7. The second-order valence-corrected chi connectivity index (χ2v) is 10.3. The molecule has 0 atom stereocenters. The van der Waals surface area contributed by atoms with Crippen LogP contribution in [0.4, 0.5) is 24.5 Å². The molecule has 1 amide bonds. The van der Waals surface area contributed by atoms with Crippen molar-refractivity contribution >= 4 is 44.9 Å². The van der Waals surface area contributed by atoms with E-state index in [9.17, 15) is 31.2 Å². The van der Waals surface area contributed by atoms with E-state index in [1.807, 2.05) is 0 Å². The quantitative estimate of drug-likeness (QED) is 0.384. The zero-order valence-electron chi connectivity index (χ0n) is 19.9. The molecule has 196 valence electrons. The molecule has 7 nitrogen and oxygen atoms in total. The molecule has 0 heterocycles. The third kappa shape index (κ3) is 6.41. The van der Waals surface area contributed by atoms with Gasteiger partial charge in [-0.25, -0.2) is 13.2 Å². The number of carbonyl (C=O) groups excluding carboxylic acids is 2. The van der Waals surface area contributed by atoms with Gasteiger partial charge in [-0.15, -0.1) is 0 Å². The molecule has 3 aromatic carbocycles. The van der Waals surface area contributed by atoms with Crippen LogP contribution in [0.1, 0.15) is 27.0 Å². The second-order valence-electron chi connectivity index (χ2n) is 8.06. The maximum atomic E-state index is 13.5. The number of benzene rings is 3. The fourth-order valence-electron chi connectivity index (χ4n) is 3.36. The summed E-state index contributed by atoms with van der Waals surface area (Å²) in [5.41, 5.74) is -0.00661. The number of alkyl halides is 3. The number of ether oxygens (including phenoxy) is 1. The molecular weight excluding hydrogens is 533 g/mol. The average Bonchev–Trinajstić information content (AvgIpc) is 2.83. The van der Waals surface area contributed by atoms with E-state index < -0.39 is 50.9 Å². The van der Waals surface area contributed by atoms with E-state index in [1.54, 1.807) is 19.9 Å². The Hall–Kier alpha value is -3.57. The van der Waals surface area contributed by atoms with Crippen molar-refractivity contribution in [1.82, 2.24) is 0 Å². The van der Waals surface area contributed by atoms with Gasteiger partial charge in [-0.3, -0.25) is 9.10 Å². The standard InChI is InChI=1S/C25H22ClF3N2O5S/c1-15-4-9-19(10-5-15)37(34,35)31(18-8-11-21(26)20(13-18)25(27,28)29)14-23(32)30-22-12-17(24(33)36-3)7-6-16(22)2/h4-13H,14H2,1-3H3,(H,30,32). The molecule has 3 rings (SSSR count). The molecule has 0 spiro atoms. The van der Waals surface area contributed by atoms with Crippen LogP contribution >= 0.6 is 11.6 Å². The topological polar surface area (TPSA) is 92.8 Å². The molecular formula is C25H22ClF3N2O5S. The molecule has 0 fully saturated rings. The van der Waals surface area contributed by atoms with Gasteiger partial charge in [0.05, 0.1) is 33.8 Å². The number of anilines is 2. The van der Waals surface area contributed by atoms with Crippen LogP contribution in [-0.2, 0) is 25.7 Å². The Morgan fingerprint density at radius 2 is 1.65 bits per heavy atom. The van der Waals surface area contributed by atoms with Crippen LogP contribution in [-0.4, -0.2) is 33.9 Å². The number of nitrogens with zero attached hydrogens (tertiary/aromatic N) is 1. The van der Waals surface area contributed by atoms with Crippen LogP contribution in [0.15, 0.2) is 65.6 Å². The van der Waals surface area contributed by atoms with Crippen LogP contribution < -0.4 is 9.62 Å². The fraction of sp³-hybridized carbons (Fsp3) is 0.200. The number of nitrogens with one attached hydrogen (secondary N) is 1. The van der Waals surface area contributed by atoms with Crippen molar-refractivity contribution in [2.45, 2.75) is 24.9 Å². The molecule has 0 unspecified atom stereocenters. The molecule has 0 aliphatic heterocycles. The average molecular weight is 555 g/mol. The van der Waals surface area contributed by atoms with Crippen molar-refractivity contribution in [2.75, 3.05) is 23.3 Å². The summed E-state index contributed by atoms with van der Waals surface area (Å²) >= 11 is 5.71. The minimum absolute atomic E-state index is 0.139. The minimum atomic E-state index is -4.86. The number of carbonyl (C=O) groups is 2. The molecule has 0 aromatic heterocycles. The summed E-state index contributed by atoms with van der Waals surface area (Å²) in [6.07, 6.45) is -4.86. The van der Waals surface area contributed by atoms with Crippen molar-refractivity contribution in [3.05, 3.63) is 87.9 Å². The molecule has 0 bridgehead atoms. The summed E-state index contributed by atoms with van der Waals surface area (Å²) in [7, 11) is -3.29. The molecule has 3 aromatic rings. The van der Waals surface area contributed by atoms with Crippen molar-refractivity contribution < 1.29 is 35.9 Å². The van der Waals surface area contributed by atoms with Crippen molar-refractivity contribution in [1.29, 1.82) is 0 Å². The monoisotopic (exact) mass is 554 g/mol. The third-order valence-corrected chi connectivity index (χ3v) is 7.49. The lowest BCUT2D eigenvalue weighted by Gasteiger charge is -2.25. The predicted octanol–water partition coefficient (Wildman–Crippen LogP) is 5.60. The van der Waals surface area contributed by atoms with Crippen LogP contribution in [0.2, 0.25) is 5.02 Å². The van der Waals surface area contributed by atoms with Crippen LogP contribution in [0, 0.1) is 13.8 Å². The number of aryl methyl sites for hydroxylation is 2. The third-order valence-electron chi connectivity index (χ3n) is 5.37. The highest BCUT2D eigenvalue weighted by Gasteiger charge is 2.35. The van der Waals surface area contributed by atoms with Crippen molar-refractivity contribution in [3.8, 4) is 0 Å². The number of sulfonamides is 1. The zero-order valence-corrected chi connectivity index (χ0v) is 21.5. The van der Waals surface area contributed by atoms with E-state index in [0.29, 0.717) is 15.9 Å². The minimum Gasteiger partial charge on any atom is -0.465 e. The Morgan fingerprint density at radius 3 is 2.24 bits per heavy atom. The molecule has 0 saturated heterocycles. The molecule has 0 radical (unpaired) electrons. The van der Waals surface area contributed by atoms with Crippen LogP contribution in [0.5, 0.6) is 0 Å². The molecule has 0 aliphatic carbocycles. The maximum Gasteiger partial charge on any atom is 0.417 e. The van der Waals surface area contributed by atoms with Gasteiger partial charge >= 0.3 is 12.1 Å². The fourth-order valence-corrected chi connectivity index (χ4v) is 5.00. The number of rotatable bonds is 7. The Morgan fingerprint density at radius 1 is 1.00 bits per heavy atom. The van der Waals surface area contributed by atoms with Crippen molar-refractivity contribution in [3.63, 3.8) is 0 Å². The summed E-state index contributed by atoms with van der Waals surface area (Å²) in [6, 6.07) is 12.6. The van der Waals surface area contributed by atoms with E-state index in [2.05, 4.69) is 10.1 Å². The normalized spacial score (nSPS) is 11.6. The van der Waals surface area contributed by atoms with E-state index in [-0.39, 0.29) is 16.1 Å². The highest BCUT2D eigenvalue weighted by atomic mass is 35.5. The molecule has 0 aliphatic rings. The summed E-state index contributed by atoms with van der Waals surface area (Å²) in [5, 5.41) is 1.90. The Labute approximate surface area is 216 Å². The van der Waals surface area contributed by atoms with E-state index >= 15 is 0 Å². The largest absolute Gasteiger partial charge is 0.465 e. The van der Waals surface area contributed by atoms with Crippen LogP contribution in [0.25, 0.3) is 0 Å². The van der Waals surface area contributed by atoms with Gasteiger partial charge in [0.2, 0.25) is 5.91 Å². The van der Waals surface area contributed by atoms with Gasteiger partial charge in [0.1, 0.15) is 6.54 Å². The number of halogens is 4. The van der Waals surface area contributed by atoms with Crippen LogP contribution in [0.3, 0.4) is 0 Å². The van der Waals surface area contributed by atoms with Gasteiger partial charge in [-0.1, -0.05) is 35.4 Å². The SMILES string of the molecule is COC(=O)c1ccc(C)c(NC(=O)CN(c2ccc(Cl)c(C(F)(F)F)c2)S(=O)(=O)c2ccc(C)cc2)c1. The first kappa shape index (κ1) is 28.0. The van der Waals surface area contributed by atoms with Gasteiger partial charge in [-0.05, 0) is 61.9 Å². The Kier molecular flexibility index (Phi) is 8.19. The maximum absolute atomic E-state index is 13.5. The molecule has 37 heavy (non-hydrogen) atoms. The zero-order chi connectivity index (χ0) is 27.5. The highest BCUT2D eigenvalue weighted by molar-refractivity contribution is 7.92. The summed E-state index contributed by atoms with van der Waals surface area (Å²) in [5.74, 6) is -1.51. The number of hydrogen-bond donors (Lipinski definition) is 1. The van der Waals surface area contributed by atoms with Gasteiger partial charge in [0.25, 0.3) is 10.0 Å². The van der Waals surface area contributed by atoms with E-state index in [4.69, 9.17) is 11.6 Å². The Bertz CT molecular complexity index is 1440. The summed E-state index contributed by atoms with van der Waals surface area (Å²) < 4.78 is 72.8. The molecule has 1 N–H and O–H groups in total. The highest BCUT2D eigenvalue weighted by Crippen LogP contribution is 2.38. The molecule has 12 heteroatoms. The molecule has 0 saturated carbocycles. The van der Waals surface area contributed by atoms with Gasteiger partial charge < -0.3 is 10.1 Å². The lowest BCUT2D eigenvalue weighted by Crippen LogP contribution is -2.38. The first-order valence-corrected chi connectivity index (χ1v) is 12.5.